The Balaban J connectivity index is 1.47. The zero-order valence-electron chi connectivity index (χ0n) is 19.4. The van der Waals surface area contributed by atoms with E-state index in [2.05, 4.69) is 4.90 Å². The first-order valence-electron chi connectivity index (χ1n) is 11.7. The first-order valence-corrected chi connectivity index (χ1v) is 13.1. The molecule has 2 saturated heterocycles. The van der Waals surface area contributed by atoms with E-state index in [1.165, 1.54) is 0 Å². The van der Waals surface area contributed by atoms with E-state index in [1.807, 2.05) is 36.1 Å². The Kier molecular flexibility index (Phi) is 7.24. The van der Waals surface area contributed by atoms with Gasteiger partial charge in [-0.25, -0.2) is 8.42 Å². The van der Waals surface area contributed by atoms with Gasteiger partial charge in [0.15, 0.2) is 0 Å². The number of nitrogens with zero attached hydrogens (tertiary/aromatic N) is 3. The van der Waals surface area contributed by atoms with Crippen molar-refractivity contribution in [3.63, 3.8) is 0 Å². The van der Waals surface area contributed by atoms with Crippen LogP contribution in [-0.4, -0.2) is 69.4 Å². The first kappa shape index (κ1) is 23.6. The van der Waals surface area contributed by atoms with Crippen LogP contribution in [0.1, 0.15) is 43.0 Å². The van der Waals surface area contributed by atoms with Gasteiger partial charge in [0.2, 0.25) is 10.0 Å². The summed E-state index contributed by atoms with van der Waals surface area (Å²) in [7, 11) is -1.96. The van der Waals surface area contributed by atoms with Gasteiger partial charge in [0.25, 0.3) is 5.91 Å². The highest BCUT2D eigenvalue weighted by atomic mass is 32.2. The third-order valence-electron chi connectivity index (χ3n) is 6.65. The minimum Gasteiger partial charge on any atom is -0.497 e. The van der Waals surface area contributed by atoms with Crippen LogP contribution in [-0.2, 0) is 10.0 Å². The van der Waals surface area contributed by atoms with Gasteiger partial charge >= 0.3 is 0 Å². The van der Waals surface area contributed by atoms with Crippen LogP contribution in [0, 0.1) is 0 Å². The number of benzene rings is 2. The number of methoxy groups -OCH3 is 1. The molecule has 0 radical (unpaired) electrons. The number of sulfonamides is 1. The Bertz CT molecular complexity index is 1070. The molecule has 7 nitrogen and oxygen atoms in total. The molecule has 1 amide bonds. The highest BCUT2D eigenvalue weighted by Gasteiger charge is 2.31. The van der Waals surface area contributed by atoms with Gasteiger partial charge in [-0.05, 0) is 68.7 Å². The first-order chi connectivity index (χ1) is 15.9. The summed E-state index contributed by atoms with van der Waals surface area (Å²) in [6, 6.07) is 14.5. The van der Waals surface area contributed by atoms with Crippen LogP contribution in [0.25, 0.3) is 0 Å². The lowest BCUT2D eigenvalue weighted by atomic mass is 10.1. The second-order valence-electron chi connectivity index (χ2n) is 8.82. The van der Waals surface area contributed by atoms with Crippen molar-refractivity contribution >= 4 is 21.6 Å². The molecule has 0 bridgehead atoms. The van der Waals surface area contributed by atoms with E-state index < -0.39 is 10.0 Å². The normalized spacial score (nSPS) is 20.4. The fourth-order valence-electron chi connectivity index (χ4n) is 4.71. The van der Waals surface area contributed by atoms with E-state index in [4.69, 9.17) is 4.74 Å². The molecule has 2 aliphatic heterocycles. The molecule has 1 atom stereocenters. The Morgan fingerprint density at radius 3 is 2.45 bits per heavy atom. The van der Waals surface area contributed by atoms with Gasteiger partial charge in [-0.2, -0.15) is 4.31 Å². The average Bonchev–Trinajstić information content (AvgIpc) is 3.10. The molecular weight excluding hydrogens is 438 g/mol. The number of carbonyl (C=O) groups excluding carboxylic acids is 1. The van der Waals surface area contributed by atoms with E-state index >= 15 is 0 Å². The minimum absolute atomic E-state index is 0.0161. The summed E-state index contributed by atoms with van der Waals surface area (Å²) >= 11 is 0. The summed E-state index contributed by atoms with van der Waals surface area (Å²) < 4.78 is 33.3. The zero-order chi connectivity index (χ0) is 23.4. The molecule has 2 aromatic carbocycles. The van der Waals surface area contributed by atoms with Crippen molar-refractivity contribution in [2.75, 3.05) is 44.7 Å². The van der Waals surface area contributed by atoms with Crippen molar-refractivity contribution in [3.8, 4) is 5.75 Å². The smallest absolute Gasteiger partial charge is 0.253 e. The van der Waals surface area contributed by atoms with Crippen molar-refractivity contribution in [1.82, 2.24) is 9.21 Å². The molecule has 1 unspecified atom stereocenters. The monoisotopic (exact) mass is 471 g/mol. The quantitative estimate of drug-likeness (QED) is 0.666. The number of anilines is 1. The van der Waals surface area contributed by atoms with Crippen LogP contribution in [0.5, 0.6) is 5.75 Å². The van der Waals surface area contributed by atoms with Crippen molar-refractivity contribution in [2.24, 2.45) is 0 Å². The van der Waals surface area contributed by atoms with Gasteiger partial charge in [-0.15, -0.1) is 0 Å². The minimum atomic E-state index is -3.61. The van der Waals surface area contributed by atoms with Crippen molar-refractivity contribution < 1.29 is 17.9 Å². The second kappa shape index (κ2) is 10.1. The standard InChI is InChI=1S/C25H33N3O4S/c1-20-7-3-4-16-28(20)33(30,31)24-9-5-8-21(19-24)25(29)27-15-6-14-26(17-18-27)22-10-12-23(32-2)13-11-22/h5,8-13,19-20H,3-4,6-7,14-18H2,1-2H3. The summed E-state index contributed by atoms with van der Waals surface area (Å²) in [6.07, 6.45) is 3.65. The van der Waals surface area contributed by atoms with Crippen LogP contribution in [0.3, 0.4) is 0 Å². The van der Waals surface area contributed by atoms with Crippen LogP contribution in [0.2, 0.25) is 0 Å². The highest BCUT2D eigenvalue weighted by molar-refractivity contribution is 7.89. The number of amides is 1. The average molecular weight is 472 g/mol. The molecule has 0 aromatic heterocycles. The van der Waals surface area contributed by atoms with E-state index in [9.17, 15) is 13.2 Å². The van der Waals surface area contributed by atoms with E-state index in [1.54, 1.807) is 35.7 Å². The topological polar surface area (TPSA) is 70.2 Å². The molecule has 4 rings (SSSR count). The van der Waals surface area contributed by atoms with E-state index in [-0.39, 0.29) is 16.8 Å². The number of carbonyl (C=O) groups is 1. The van der Waals surface area contributed by atoms with Crippen molar-refractivity contribution in [2.45, 2.75) is 43.5 Å². The van der Waals surface area contributed by atoms with Crippen LogP contribution in [0.15, 0.2) is 53.4 Å². The van der Waals surface area contributed by atoms with Gasteiger partial charge in [0.1, 0.15) is 5.75 Å². The SMILES string of the molecule is COc1ccc(N2CCCN(C(=O)c3cccc(S(=O)(=O)N4CCCCC4C)c3)CC2)cc1. The molecule has 2 heterocycles. The Labute approximate surface area is 197 Å². The number of ether oxygens (including phenoxy) is 1. The van der Waals surface area contributed by atoms with Gasteiger partial charge in [-0.1, -0.05) is 12.5 Å². The van der Waals surface area contributed by atoms with Gasteiger partial charge in [0, 0.05) is 50.0 Å². The third kappa shape index (κ3) is 5.17. The van der Waals surface area contributed by atoms with E-state index in [0.717, 1.165) is 50.2 Å². The highest BCUT2D eigenvalue weighted by Crippen LogP contribution is 2.26. The summed E-state index contributed by atoms with van der Waals surface area (Å²) in [5, 5.41) is 0. The number of hydrogen-bond donors (Lipinski definition) is 0. The van der Waals surface area contributed by atoms with Gasteiger partial charge < -0.3 is 14.5 Å². The molecule has 178 valence electrons. The maximum Gasteiger partial charge on any atom is 0.253 e. The van der Waals surface area contributed by atoms with Gasteiger partial charge in [-0.3, -0.25) is 4.79 Å². The van der Waals surface area contributed by atoms with Crippen molar-refractivity contribution in [1.29, 1.82) is 0 Å². The summed E-state index contributed by atoms with van der Waals surface area (Å²) in [4.78, 5) is 17.6. The molecule has 8 heteroatoms. The molecule has 0 saturated carbocycles. The molecule has 0 spiro atoms. The summed E-state index contributed by atoms with van der Waals surface area (Å²) in [6.45, 7) is 5.31. The zero-order valence-corrected chi connectivity index (χ0v) is 20.3. The molecule has 2 fully saturated rings. The Hall–Kier alpha value is -2.58. The molecule has 33 heavy (non-hydrogen) atoms. The fourth-order valence-corrected chi connectivity index (χ4v) is 6.45. The largest absolute Gasteiger partial charge is 0.497 e. The molecular formula is C25H33N3O4S. The predicted molar refractivity (Wildman–Crippen MR) is 129 cm³/mol. The van der Waals surface area contributed by atoms with Crippen LogP contribution < -0.4 is 9.64 Å². The predicted octanol–water partition coefficient (Wildman–Crippen LogP) is 3.61. The summed E-state index contributed by atoms with van der Waals surface area (Å²) in [5.41, 5.74) is 1.53. The van der Waals surface area contributed by atoms with Gasteiger partial charge in [0.05, 0.1) is 12.0 Å². The molecule has 2 aromatic rings. The Morgan fingerprint density at radius 1 is 0.939 bits per heavy atom. The maximum atomic E-state index is 13.3. The number of piperidine rings is 1. The van der Waals surface area contributed by atoms with Crippen LogP contribution >= 0.6 is 0 Å². The molecule has 0 N–H and O–H groups in total. The second-order valence-corrected chi connectivity index (χ2v) is 10.7. The molecule has 0 aliphatic carbocycles. The third-order valence-corrected chi connectivity index (χ3v) is 8.66. The van der Waals surface area contributed by atoms with Crippen molar-refractivity contribution in [3.05, 3.63) is 54.1 Å². The fraction of sp³-hybridized carbons (Fsp3) is 0.480. The number of hydrogen-bond acceptors (Lipinski definition) is 5. The molecule has 2 aliphatic rings. The van der Waals surface area contributed by atoms with Crippen LogP contribution in [0.4, 0.5) is 5.69 Å². The summed E-state index contributed by atoms with van der Waals surface area (Å²) in [5.74, 6) is 0.703. The Morgan fingerprint density at radius 2 is 1.73 bits per heavy atom. The van der Waals surface area contributed by atoms with E-state index in [0.29, 0.717) is 25.2 Å². The lowest BCUT2D eigenvalue weighted by Crippen LogP contribution is -2.42. The number of rotatable bonds is 5. The maximum absolute atomic E-state index is 13.3. The lowest BCUT2D eigenvalue weighted by Gasteiger charge is -2.32. The lowest BCUT2D eigenvalue weighted by molar-refractivity contribution is 0.0766.